The topological polar surface area (TPSA) is 12.5 Å². The maximum Gasteiger partial charge on any atom is 0.127 e. The molecule has 1 aliphatic heterocycles. The summed E-state index contributed by atoms with van der Waals surface area (Å²) in [6, 6.07) is 0.568. The Bertz CT molecular complexity index is 122. The van der Waals surface area contributed by atoms with Gasteiger partial charge in [0, 0.05) is 12.6 Å². The van der Waals surface area contributed by atoms with Crippen LogP contribution in [0.2, 0.25) is 0 Å². The van der Waals surface area contributed by atoms with Gasteiger partial charge in [0.2, 0.25) is 0 Å². The average Bonchev–Trinajstić information content (AvgIpc) is 2.04. The molecule has 2 nitrogen and oxygen atoms in total. The van der Waals surface area contributed by atoms with E-state index < -0.39 is 0 Å². The molecule has 3 heteroatoms. The molecule has 2 unspecified atom stereocenters. The predicted molar refractivity (Wildman–Crippen MR) is 54.6 cm³/mol. The van der Waals surface area contributed by atoms with Crippen LogP contribution in [0.15, 0.2) is 0 Å². The third-order valence-corrected chi connectivity index (χ3v) is 3.32. The minimum absolute atomic E-state index is 0.239. The highest BCUT2D eigenvalue weighted by Gasteiger charge is 2.26. The summed E-state index contributed by atoms with van der Waals surface area (Å²) in [5.41, 5.74) is 0. The molecule has 0 aliphatic carbocycles. The van der Waals surface area contributed by atoms with Crippen molar-refractivity contribution in [3.05, 3.63) is 0 Å². The van der Waals surface area contributed by atoms with Crippen LogP contribution in [-0.2, 0) is 4.74 Å². The number of unbranched alkanes of at least 4 members (excludes halogenated alkanes) is 1. The highest BCUT2D eigenvalue weighted by Crippen LogP contribution is 2.21. The van der Waals surface area contributed by atoms with Gasteiger partial charge in [0.25, 0.3) is 0 Å². The number of nitrogens with zero attached hydrogens (tertiary/aromatic N) is 1. The first-order valence-electron chi connectivity index (χ1n) is 4.71. The molecular weight excluding hydrogens is 218 g/mol. The first-order chi connectivity index (χ1) is 5.75. The lowest BCUT2D eigenvalue weighted by atomic mass is 10.1. The maximum atomic E-state index is 5.53. The zero-order valence-corrected chi connectivity index (χ0v) is 9.51. The molecule has 0 saturated carbocycles. The molecule has 0 aromatic heterocycles. The molecule has 1 heterocycles. The van der Waals surface area contributed by atoms with Crippen molar-refractivity contribution >= 4 is 15.9 Å². The minimum atomic E-state index is 0.239. The van der Waals surface area contributed by atoms with Crippen molar-refractivity contribution in [2.24, 2.45) is 0 Å². The third kappa shape index (κ3) is 2.71. The molecule has 1 aliphatic rings. The fourth-order valence-electron chi connectivity index (χ4n) is 1.55. The first kappa shape index (κ1) is 10.5. The summed E-state index contributed by atoms with van der Waals surface area (Å²) >= 11 is 3.56. The van der Waals surface area contributed by atoms with Crippen molar-refractivity contribution < 1.29 is 4.74 Å². The molecule has 0 bridgehead atoms. The molecule has 0 radical (unpaired) electrons. The van der Waals surface area contributed by atoms with Gasteiger partial charge < -0.3 is 4.74 Å². The van der Waals surface area contributed by atoms with E-state index in [1.807, 2.05) is 0 Å². The summed E-state index contributed by atoms with van der Waals surface area (Å²) in [5.74, 6) is 0. The Labute approximate surface area is 83.4 Å². The molecule has 1 fully saturated rings. The summed E-state index contributed by atoms with van der Waals surface area (Å²) in [6.45, 7) is 4.15. The number of halogens is 1. The lowest BCUT2D eigenvalue weighted by Gasteiger charge is -2.36. The Morgan fingerprint density at radius 3 is 2.92 bits per heavy atom. The summed E-state index contributed by atoms with van der Waals surface area (Å²) in [7, 11) is 2.18. The lowest BCUT2D eigenvalue weighted by molar-refractivity contribution is -0.0143. The highest BCUT2D eigenvalue weighted by molar-refractivity contribution is 9.09. The summed E-state index contributed by atoms with van der Waals surface area (Å²) in [6.07, 6.45) is 3.80. The van der Waals surface area contributed by atoms with Gasteiger partial charge >= 0.3 is 0 Å². The Balaban J connectivity index is 2.34. The van der Waals surface area contributed by atoms with Crippen molar-refractivity contribution in [3.8, 4) is 0 Å². The van der Waals surface area contributed by atoms with Crippen LogP contribution >= 0.6 is 15.9 Å². The number of hydrogen-bond acceptors (Lipinski definition) is 2. The second-order valence-electron chi connectivity index (χ2n) is 3.41. The molecule has 12 heavy (non-hydrogen) atoms. The number of likely N-dealkylation sites (N-methyl/N-ethyl adjacent to an activating group) is 1. The van der Waals surface area contributed by atoms with Crippen LogP contribution in [0.5, 0.6) is 0 Å². The summed E-state index contributed by atoms with van der Waals surface area (Å²) in [4.78, 5) is 2.39. The number of ether oxygens (including phenoxy) is 1. The summed E-state index contributed by atoms with van der Waals surface area (Å²) in [5, 5.41) is 0.239. The van der Waals surface area contributed by atoms with Gasteiger partial charge in [0.15, 0.2) is 0 Å². The molecule has 0 amide bonds. The Morgan fingerprint density at radius 1 is 1.58 bits per heavy atom. The highest BCUT2D eigenvalue weighted by atomic mass is 79.9. The van der Waals surface area contributed by atoms with Crippen molar-refractivity contribution in [1.29, 1.82) is 0 Å². The fourth-order valence-corrected chi connectivity index (χ4v) is 2.41. The summed E-state index contributed by atoms with van der Waals surface area (Å²) < 4.78 is 5.53. The van der Waals surface area contributed by atoms with Crippen LogP contribution in [0, 0.1) is 0 Å². The quantitative estimate of drug-likeness (QED) is 0.697. The zero-order valence-electron chi connectivity index (χ0n) is 7.92. The first-order valence-corrected chi connectivity index (χ1v) is 5.63. The molecule has 0 aromatic carbocycles. The van der Waals surface area contributed by atoms with Gasteiger partial charge in [-0.15, -0.1) is 0 Å². The van der Waals surface area contributed by atoms with Gasteiger partial charge in [-0.3, -0.25) is 4.90 Å². The molecule has 0 aromatic rings. The third-order valence-electron chi connectivity index (χ3n) is 2.44. The molecule has 1 rings (SSSR count). The number of hydrogen-bond donors (Lipinski definition) is 0. The zero-order chi connectivity index (χ0) is 8.97. The minimum Gasteiger partial charge on any atom is -0.364 e. The van der Waals surface area contributed by atoms with Gasteiger partial charge in [-0.2, -0.15) is 0 Å². The van der Waals surface area contributed by atoms with Crippen molar-refractivity contribution in [1.82, 2.24) is 4.90 Å². The van der Waals surface area contributed by atoms with Crippen LogP contribution in [0.4, 0.5) is 0 Å². The molecule has 0 N–H and O–H groups in total. The van der Waals surface area contributed by atoms with E-state index in [1.165, 1.54) is 19.3 Å². The van der Waals surface area contributed by atoms with E-state index in [0.717, 1.165) is 13.2 Å². The molecule has 72 valence electrons. The maximum absolute atomic E-state index is 5.53. The van der Waals surface area contributed by atoms with Crippen molar-refractivity contribution in [3.63, 3.8) is 0 Å². The standard InChI is InChI=1S/C9H18BrNO/c1-3-4-5-8-9(10)12-7-6-11(8)2/h8-9H,3-7H2,1-2H3. The monoisotopic (exact) mass is 235 g/mol. The molecule has 0 spiro atoms. The van der Waals surface area contributed by atoms with E-state index in [2.05, 4.69) is 34.8 Å². The van der Waals surface area contributed by atoms with Gasteiger partial charge in [-0.05, 0) is 13.5 Å². The lowest BCUT2D eigenvalue weighted by Crippen LogP contribution is -2.46. The Hall–Kier alpha value is 0.400. The number of morpholine rings is 1. The molecular formula is C9H18BrNO. The second-order valence-corrected chi connectivity index (χ2v) is 4.31. The Morgan fingerprint density at radius 2 is 2.33 bits per heavy atom. The van der Waals surface area contributed by atoms with E-state index in [4.69, 9.17) is 4.74 Å². The van der Waals surface area contributed by atoms with Crippen LogP contribution in [0.1, 0.15) is 26.2 Å². The Kier molecular flexibility index (Phi) is 4.54. The SMILES string of the molecule is CCCCC1C(Br)OCCN1C. The van der Waals surface area contributed by atoms with Gasteiger partial charge in [0.1, 0.15) is 5.01 Å². The van der Waals surface area contributed by atoms with Gasteiger partial charge in [-0.25, -0.2) is 0 Å². The van der Waals surface area contributed by atoms with Crippen molar-refractivity contribution in [2.45, 2.75) is 37.2 Å². The fraction of sp³-hybridized carbons (Fsp3) is 1.00. The average molecular weight is 236 g/mol. The van der Waals surface area contributed by atoms with Crippen LogP contribution in [-0.4, -0.2) is 36.2 Å². The van der Waals surface area contributed by atoms with E-state index >= 15 is 0 Å². The molecule has 2 atom stereocenters. The van der Waals surface area contributed by atoms with E-state index in [-0.39, 0.29) is 5.01 Å². The smallest absolute Gasteiger partial charge is 0.127 e. The van der Waals surface area contributed by atoms with Gasteiger partial charge in [0.05, 0.1) is 6.61 Å². The predicted octanol–water partition coefficient (Wildman–Crippen LogP) is 2.23. The number of rotatable bonds is 3. The largest absolute Gasteiger partial charge is 0.364 e. The van der Waals surface area contributed by atoms with Gasteiger partial charge in [-0.1, -0.05) is 35.7 Å². The van der Waals surface area contributed by atoms with Crippen molar-refractivity contribution in [2.75, 3.05) is 20.2 Å². The number of alkyl halides is 1. The van der Waals surface area contributed by atoms with E-state index in [9.17, 15) is 0 Å². The van der Waals surface area contributed by atoms with Crippen LogP contribution < -0.4 is 0 Å². The van der Waals surface area contributed by atoms with Crippen LogP contribution in [0.3, 0.4) is 0 Å². The van der Waals surface area contributed by atoms with Crippen LogP contribution in [0.25, 0.3) is 0 Å². The molecule has 1 saturated heterocycles. The van der Waals surface area contributed by atoms with E-state index in [0.29, 0.717) is 6.04 Å². The van der Waals surface area contributed by atoms with E-state index in [1.54, 1.807) is 0 Å². The normalized spacial score (nSPS) is 32.2. The second kappa shape index (κ2) is 5.20.